The Morgan fingerprint density at radius 3 is 2.43 bits per heavy atom. The summed E-state index contributed by atoms with van der Waals surface area (Å²) in [5.74, 6) is -0.243. The molecule has 0 spiro atoms. The molecule has 0 bridgehead atoms. The summed E-state index contributed by atoms with van der Waals surface area (Å²) in [6.07, 6.45) is 0. The van der Waals surface area contributed by atoms with Crippen LogP contribution >= 0.6 is 0 Å². The van der Waals surface area contributed by atoms with E-state index in [-0.39, 0.29) is 22.6 Å². The minimum absolute atomic E-state index is 0.118. The first kappa shape index (κ1) is 18.0. The number of rotatable bonds is 3. The Kier molecular flexibility index (Phi) is 4.26. The lowest BCUT2D eigenvalue weighted by Gasteiger charge is -2.30. The number of nitrogens with one attached hydrogen (secondary N) is 2. The Morgan fingerprint density at radius 2 is 1.71 bits per heavy atom. The van der Waals surface area contributed by atoms with E-state index in [1.54, 1.807) is 4.90 Å². The first-order valence-electron chi connectivity index (χ1n) is 9.21. The highest BCUT2D eigenvalue weighted by atomic mass is 16.2. The van der Waals surface area contributed by atoms with Crippen LogP contribution in [-0.4, -0.2) is 27.6 Å². The van der Waals surface area contributed by atoms with E-state index in [1.807, 2.05) is 54.6 Å². The van der Waals surface area contributed by atoms with Gasteiger partial charge in [0.25, 0.3) is 11.5 Å². The first-order valence-corrected chi connectivity index (χ1v) is 9.21. The van der Waals surface area contributed by atoms with Crippen molar-refractivity contribution < 1.29 is 4.79 Å². The lowest BCUT2D eigenvalue weighted by Crippen LogP contribution is -2.38. The molecular weight excluding hydrogens is 352 g/mol. The number of carbonyl (C=O) groups is 1. The first-order chi connectivity index (χ1) is 13.3. The summed E-state index contributed by atoms with van der Waals surface area (Å²) < 4.78 is 0. The standard InChI is InChI=1S/C22H22N4O2/c1-22(2,3)13-26(14-9-5-4-6-10-14)21(28)19-17-15-11-7-8-12-16(15)23-18(17)20(27)25-24-19/h4-12,23H,13H2,1-3H3,(H,25,27). The highest BCUT2D eigenvalue weighted by Crippen LogP contribution is 2.28. The van der Waals surface area contributed by atoms with Gasteiger partial charge in [0.2, 0.25) is 0 Å². The van der Waals surface area contributed by atoms with E-state index in [2.05, 4.69) is 36.0 Å². The van der Waals surface area contributed by atoms with Crippen molar-refractivity contribution in [3.05, 3.63) is 70.6 Å². The Balaban J connectivity index is 1.93. The fraction of sp³-hybridized carbons (Fsp3) is 0.227. The van der Waals surface area contributed by atoms with Gasteiger partial charge in [-0.15, -0.1) is 0 Å². The van der Waals surface area contributed by atoms with E-state index in [0.717, 1.165) is 16.6 Å². The van der Waals surface area contributed by atoms with E-state index < -0.39 is 0 Å². The molecule has 2 aromatic carbocycles. The zero-order chi connectivity index (χ0) is 19.9. The monoisotopic (exact) mass is 374 g/mol. The second-order valence-corrected chi connectivity index (χ2v) is 8.11. The maximum atomic E-state index is 13.6. The van der Waals surface area contributed by atoms with Crippen LogP contribution in [0.3, 0.4) is 0 Å². The van der Waals surface area contributed by atoms with Crippen LogP contribution in [0.15, 0.2) is 59.4 Å². The number of aromatic amines is 2. The number of benzene rings is 2. The Hall–Kier alpha value is -3.41. The van der Waals surface area contributed by atoms with E-state index in [4.69, 9.17) is 0 Å². The van der Waals surface area contributed by atoms with Gasteiger partial charge in [-0.1, -0.05) is 57.2 Å². The van der Waals surface area contributed by atoms with E-state index in [9.17, 15) is 9.59 Å². The number of H-pyrrole nitrogens is 2. The predicted octanol–water partition coefficient (Wildman–Crippen LogP) is 4.10. The van der Waals surface area contributed by atoms with Crippen LogP contribution in [0.4, 0.5) is 5.69 Å². The van der Waals surface area contributed by atoms with E-state index in [1.165, 1.54) is 0 Å². The molecule has 0 aliphatic rings. The molecule has 0 unspecified atom stereocenters. The molecule has 2 heterocycles. The third-order valence-corrected chi connectivity index (χ3v) is 4.59. The molecule has 0 aliphatic heterocycles. The number of anilines is 1. The molecule has 6 heteroatoms. The Bertz CT molecular complexity index is 1220. The van der Waals surface area contributed by atoms with Gasteiger partial charge in [-0.2, -0.15) is 5.10 Å². The van der Waals surface area contributed by atoms with Crippen molar-refractivity contribution in [3.8, 4) is 0 Å². The minimum atomic E-state index is -0.343. The summed E-state index contributed by atoms with van der Waals surface area (Å²) in [5, 5.41) is 7.99. The van der Waals surface area contributed by atoms with Crippen LogP contribution in [0, 0.1) is 5.41 Å². The molecule has 4 aromatic rings. The largest absolute Gasteiger partial charge is 0.350 e. The molecule has 6 nitrogen and oxygen atoms in total. The second-order valence-electron chi connectivity index (χ2n) is 8.11. The molecule has 2 N–H and O–H groups in total. The molecule has 0 saturated heterocycles. The zero-order valence-corrected chi connectivity index (χ0v) is 16.1. The number of aromatic nitrogens is 3. The molecule has 0 saturated carbocycles. The molecule has 0 radical (unpaired) electrons. The van der Waals surface area contributed by atoms with Crippen LogP contribution in [0.2, 0.25) is 0 Å². The van der Waals surface area contributed by atoms with Gasteiger partial charge in [-0.25, -0.2) is 5.10 Å². The summed E-state index contributed by atoms with van der Waals surface area (Å²) in [5.41, 5.74) is 1.73. The molecule has 2 aromatic heterocycles. The third kappa shape index (κ3) is 3.17. The zero-order valence-electron chi connectivity index (χ0n) is 16.1. The van der Waals surface area contributed by atoms with Gasteiger partial charge in [0.1, 0.15) is 5.52 Å². The van der Waals surface area contributed by atoms with Gasteiger partial charge in [-0.3, -0.25) is 9.59 Å². The summed E-state index contributed by atoms with van der Waals surface area (Å²) >= 11 is 0. The maximum Gasteiger partial charge on any atom is 0.288 e. The van der Waals surface area contributed by atoms with Gasteiger partial charge in [0.15, 0.2) is 5.69 Å². The average molecular weight is 374 g/mol. The van der Waals surface area contributed by atoms with Crippen LogP contribution < -0.4 is 10.5 Å². The molecule has 4 rings (SSSR count). The van der Waals surface area contributed by atoms with Crippen molar-refractivity contribution in [2.45, 2.75) is 20.8 Å². The predicted molar refractivity (Wildman–Crippen MR) is 112 cm³/mol. The van der Waals surface area contributed by atoms with Crippen molar-refractivity contribution in [1.29, 1.82) is 0 Å². The number of fused-ring (bicyclic) bond motifs is 3. The van der Waals surface area contributed by atoms with Gasteiger partial charge in [0, 0.05) is 28.5 Å². The maximum absolute atomic E-state index is 13.6. The van der Waals surface area contributed by atoms with Crippen molar-refractivity contribution in [2.24, 2.45) is 5.41 Å². The normalized spacial score (nSPS) is 11.8. The SMILES string of the molecule is CC(C)(C)CN(C(=O)c1n[nH]c(=O)c2[nH]c3ccccc3c12)c1ccccc1. The van der Waals surface area contributed by atoms with Crippen LogP contribution in [0.1, 0.15) is 31.3 Å². The number of hydrogen-bond donors (Lipinski definition) is 2. The highest BCUT2D eigenvalue weighted by Gasteiger charge is 2.27. The average Bonchev–Trinajstić information content (AvgIpc) is 3.07. The van der Waals surface area contributed by atoms with Gasteiger partial charge < -0.3 is 9.88 Å². The Labute approximate surface area is 162 Å². The van der Waals surface area contributed by atoms with Crippen molar-refractivity contribution in [2.75, 3.05) is 11.4 Å². The number of hydrogen-bond acceptors (Lipinski definition) is 3. The number of nitrogens with zero attached hydrogens (tertiary/aromatic N) is 2. The van der Waals surface area contributed by atoms with Gasteiger partial charge in [-0.05, 0) is 23.6 Å². The second kappa shape index (κ2) is 6.64. The van der Waals surface area contributed by atoms with Crippen LogP contribution in [-0.2, 0) is 0 Å². The topological polar surface area (TPSA) is 81.8 Å². The molecule has 0 atom stereocenters. The molecular formula is C22H22N4O2. The molecule has 142 valence electrons. The van der Waals surface area contributed by atoms with Crippen molar-refractivity contribution in [3.63, 3.8) is 0 Å². The smallest absolute Gasteiger partial charge is 0.288 e. The lowest BCUT2D eigenvalue weighted by atomic mass is 9.95. The molecule has 0 fully saturated rings. The summed E-state index contributed by atoms with van der Waals surface area (Å²) in [7, 11) is 0. The lowest BCUT2D eigenvalue weighted by molar-refractivity contribution is 0.0973. The van der Waals surface area contributed by atoms with Gasteiger partial charge in [0.05, 0.1) is 0 Å². The van der Waals surface area contributed by atoms with Gasteiger partial charge >= 0.3 is 0 Å². The fourth-order valence-electron chi connectivity index (χ4n) is 3.42. The summed E-state index contributed by atoms with van der Waals surface area (Å²) in [4.78, 5) is 30.8. The molecule has 1 amide bonds. The number of para-hydroxylation sites is 2. The fourth-order valence-corrected chi connectivity index (χ4v) is 3.42. The Morgan fingerprint density at radius 1 is 1.04 bits per heavy atom. The third-order valence-electron chi connectivity index (χ3n) is 4.59. The minimum Gasteiger partial charge on any atom is -0.350 e. The quantitative estimate of drug-likeness (QED) is 0.566. The van der Waals surface area contributed by atoms with Crippen LogP contribution in [0.25, 0.3) is 21.8 Å². The van der Waals surface area contributed by atoms with E-state index >= 15 is 0 Å². The summed E-state index contributed by atoms with van der Waals surface area (Å²) in [6.45, 7) is 6.76. The number of amides is 1. The number of carbonyl (C=O) groups excluding carboxylic acids is 1. The van der Waals surface area contributed by atoms with Crippen LogP contribution in [0.5, 0.6) is 0 Å². The van der Waals surface area contributed by atoms with E-state index in [0.29, 0.717) is 17.4 Å². The molecule has 28 heavy (non-hydrogen) atoms. The van der Waals surface area contributed by atoms with Crippen molar-refractivity contribution >= 4 is 33.4 Å². The summed E-state index contributed by atoms with van der Waals surface area (Å²) in [6, 6.07) is 17.1. The van der Waals surface area contributed by atoms with Crippen molar-refractivity contribution in [1.82, 2.24) is 15.2 Å². The highest BCUT2D eigenvalue weighted by molar-refractivity contribution is 6.19. The molecule has 0 aliphatic carbocycles.